The third-order valence-corrected chi connectivity index (χ3v) is 5.03. The molecule has 1 aromatic carbocycles. The number of alkyl carbamates (subject to hydrolysis) is 1. The predicted molar refractivity (Wildman–Crippen MR) is 114 cm³/mol. The molecule has 0 spiro atoms. The molecule has 0 aromatic heterocycles. The predicted octanol–water partition coefficient (Wildman–Crippen LogP) is 4.34. The maximum atomic E-state index is 12.4. The molecule has 1 aromatic rings. The zero-order valence-electron chi connectivity index (χ0n) is 18.5. The van der Waals surface area contributed by atoms with E-state index in [9.17, 15) is 9.59 Å². The third kappa shape index (κ3) is 8.34. The highest BCUT2D eigenvalue weighted by atomic mass is 16.6. The topological polar surface area (TPSA) is 67.9 Å². The maximum absolute atomic E-state index is 12.4. The van der Waals surface area contributed by atoms with Crippen molar-refractivity contribution in [3.63, 3.8) is 0 Å². The second-order valence-electron chi connectivity index (χ2n) is 9.03. The number of amides is 2. The average Bonchev–Trinajstić information content (AvgIpc) is 2.66. The smallest absolute Gasteiger partial charge is 0.407 e. The maximum Gasteiger partial charge on any atom is 0.407 e. The Morgan fingerprint density at radius 2 is 1.76 bits per heavy atom. The lowest BCUT2D eigenvalue weighted by atomic mass is 9.96. The van der Waals surface area contributed by atoms with E-state index in [-0.39, 0.29) is 12.0 Å². The molecule has 1 aliphatic heterocycles. The van der Waals surface area contributed by atoms with Crippen LogP contribution >= 0.6 is 0 Å². The van der Waals surface area contributed by atoms with Gasteiger partial charge in [-0.05, 0) is 63.1 Å². The minimum absolute atomic E-state index is 0.127. The van der Waals surface area contributed by atoms with Crippen LogP contribution in [0.1, 0.15) is 65.4 Å². The molecule has 0 unspecified atom stereocenters. The van der Waals surface area contributed by atoms with Gasteiger partial charge in [-0.15, -0.1) is 0 Å². The van der Waals surface area contributed by atoms with Gasteiger partial charge in [-0.3, -0.25) is 4.79 Å². The molecular formula is C23H36N2O4. The molecule has 0 atom stereocenters. The van der Waals surface area contributed by atoms with Crippen molar-refractivity contribution < 1.29 is 19.1 Å². The molecule has 1 aliphatic rings. The summed E-state index contributed by atoms with van der Waals surface area (Å²) in [7, 11) is 0. The molecule has 0 aliphatic carbocycles. The van der Waals surface area contributed by atoms with Crippen LogP contribution in [0.3, 0.4) is 0 Å². The molecule has 162 valence electrons. The number of nitrogens with zero attached hydrogens (tertiary/aromatic N) is 1. The second-order valence-corrected chi connectivity index (χ2v) is 9.03. The van der Waals surface area contributed by atoms with Crippen molar-refractivity contribution in [3.05, 3.63) is 29.8 Å². The first-order chi connectivity index (χ1) is 13.6. The fourth-order valence-corrected chi connectivity index (χ4v) is 3.29. The van der Waals surface area contributed by atoms with E-state index in [1.807, 2.05) is 37.8 Å². The molecule has 2 rings (SSSR count). The Morgan fingerprint density at radius 1 is 1.14 bits per heavy atom. The average molecular weight is 405 g/mol. The van der Waals surface area contributed by atoms with Gasteiger partial charge in [0.2, 0.25) is 5.91 Å². The second kappa shape index (κ2) is 10.5. The zero-order chi connectivity index (χ0) is 21.4. The van der Waals surface area contributed by atoms with Crippen molar-refractivity contribution in [1.82, 2.24) is 10.2 Å². The molecule has 1 saturated heterocycles. The van der Waals surface area contributed by atoms with E-state index >= 15 is 0 Å². The van der Waals surface area contributed by atoms with Gasteiger partial charge >= 0.3 is 6.09 Å². The molecule has 2 amide bonds. The molecule has 29 heavy (non-hydrogen) atoms. The number of ether oxygens (including phenoxy) is 2. The first-order valence-corrected chi connectivity index (χ1v) is 10.6. The van der Waals surface area contributed by atoms with Gasteiger partial charge in [0.1, 0.15) is 11.4 Å². The van der Waals surface area contributed by atoms with Gasteiger partial charge in [0.25, 0.3) is 0 Å². The van der Waals surface area contributed by atoms with Crippen molar-refractivity contribution in [2.24, 2.45) is 5.92 Å². The van der Waals surface area contributed by atoms with Crippen molar-refractivity contribution >= 4 is 12.0 Å². The lowest BCUT2D eigenvalue weighted by Gasteiger charge is -2.32. The van der Waals surface area contributed by atoms with E-state index in [1.165, 1.54) is 5.56 Å². The minimum Gasteiger partial charge on any atom is -0.493 e. The molecule has 6 nitrogen and oxygen atoms in total. The Balaban J connectivity index is 1.63. The summed E-state index contributed by atoms with van der Waals surface area (Å²) in [5.41, 5.74) is 0.788. The van der Waals surface area contributed by atoms with Crippen LogP contribution < -0.4 is 10.1 Å². The van der Waals surface area contributed by atoms with Crippen molar-refractivity contribution in [3.8, 4) is 5.75 Å². The summed E-state index contributed by atoms with van der Waals surface area (Å²) in [6.07, 6.45) is 1.78. The molecule has 6 heteroatoms. The van der Waals surface area contributed by atoms with E-state index in [4.69, 9.17) is 9.47 Å². The van der Waals surface area contributed by atoms with Crippen molar-refractivity contribution in [2.45, 2.75) is 65.4 Å². The van der Waals surface area contributed by atoms with Crippen LogP contribution in [0.15, 0.2) is 24.3 Å². The monoisotopic (exact) mass is 404 g/mol. The number of hydrogen-bond acceptors (Lipinski definition) is 4. The molecule has 1 heterocycles. The third-order valence-electron chi connectivity index (χ3n) is 5.03. The highest BCUT2D eigenvalue weighted by Gasteiger charge is 2.24. The Hall–Kier alpha value is -2.24. The van der Waals surface area contributed by atoms with Gasteiger partial charge in [0.05, 0.1) is 13.0 Å². The first kappa shape index (κ1) is 23.0. The van der Waals surface area contributed by atoms with E-state index in [0.717, 1.165) is 31.7 Å². The van der Waals surface area contributed by atoms with Gasteiger partial charge in [-0.2, -0.15) is 0 Å². The number of nitrogens with one attached hydrogen (secondary N) is 1. The Kier molecular flexibility index (Phi) is 8.35. The van der Waals surface area contributed by atoms with Gasteiger partial charge in [0, 0.05) is 19.6 Å². The Labute approximate surface area is 174 Å². The van der Waals surface area contributed by atoms with Crippen LogP contribution in [0.2, 0.25) is 0 Å². The number of carbonyl (C=O) groups is 2. The Morgan fingerprint density at radius 3 is 2.31 bits per heavy atom. The lowest BCUT2D eigenvalue weighted by molar-refractivity contribution is -0.133. The van der Waals surface area contributed by atoms with Crippen LogP contribution in [0.4, 0.5) is 4.79 Å². The first-order valence-electron chi connectivity index (χ1n) is 10.6. The minimum atomic E-state index is -0.488. The number of carbonyl (C=O) groups excluding carboxylic acids is 2. The summed E-state index contributed by atoms with van der Waals surface area (Å²) in [5.74, 6) is 1.80. The fourth-order valence-electron chi connectivity index (χ4n) is 3.29. The number of rotatable bonds is 7. The summed E-state index contributed by atoms with van der Waals surface area (Å²) in [6.45, 7) is 12.3. The molecule has 0 radical (unpaired) electrons. The summed E-state index contributed by atoms with van der Waals surface area (Å²) in [6, 6.07) is 8.06. The summed E-state index contributed by atoms with van der Waals surface area (Å²) in [5, 5.41) is 2.83. The molecule has 0 saturated carbocycles. The number of hydrogen-bond donors (Lipinski definition) is 1. The SMILES string of the molecule is CC(C)c1ccc(OCCC(=O)N2CCC(CNC(=O)OC(C)(C)C)CC2)cc1. The molecule has 1 N–H and O–H groups in total. The fraction of sp³-hybridized carbons (Fsp3) is 0.652. The zero-order valence-corrected chi connectivity index (χ0v) is 18.5. The largest absolute Gasteiger partial charge is 0.493 e. The van der Waals surface area contributed by atoms with E-state index in [2.05, 4.69) is 31.3 Å². The van der Waals surface area contributed by atoms with Crippen LogP contribution in [0.5, 0.6) is 5.75 Å². The van der Waals surface area contributed by atoms with Gasteiger partial charge in [-0.1, -0.05) is 26.0 Å². The summed E-state index contributed by atoms with van der Waals surface area (Å²) >= 11 is 0. The van der Waals surface area contributed by atoms with Gasteiger partial charge in [0.15, 0.2) is 0 Å². The standard InChI is InChI=1S/C23H36N2O4/c1-17(2)19-6-8-20(9-7-19)28-15-12-21(26)25-13-10-18(11-14-25)16-24-22(27)29-23(3,4)5/h6-9,17-18H,10-16H2,1-5H3,(H,24,27). The number of likely N-dealkylation sites (tertiary alicyclic amines) is 1. The lowest BCUT2D eigenvalue weighted by Crippen LogP contribution is -2.42. The van der Waals surface area contributed by atoms with Crippen LogP contribution in [-0.4, -0.2) is 48.7 Å². The van der Waals surface area contributed by atoms with E-state index < -0.39 is 5.60 Å². The summed E-state index contributed by atoms with van der Waals surface area (Å²) < 4.78 is 11.0. The van der Waals surface area contributed by atoms with Crippen LogP contribution in [0, 0.1) is 5.92 Å². The van der Waals surface area contributed by atoms with Crippen molar-refractivity contribution in [2.75, 3.05) is 26.2 Å². The van der Waals surface area contributed by atoms with Crippen molar-refractivity contribution in [1.29, 1.82) is 0 Å². The quantitative estimate of drug-likeness (QED) is 0.734. The molecular weight excluding hydrogens is 368 g/mol. The molecule has 1 fully saturated rings. The number of benzene rings is 1. The number of piperidine rings is 1. The highest BCUT2D eigenvalue weighted by Crippen LogP contribution is 2.20. The van der Waals surface area contributed by atoms with Crippen LogP contribution in [-0.2, 0) is 9.53 Å². The summed E-state index contributed by atoms with van der Waals surface area (Å²) in [4.78, 5) is 26.1. The highest BCUT2D eigenvalue weighted by molar-refractivity contribution is 5.76. The molecule has 0 bridgehead atoms. The van der Waals surface area contributed by atoms with E-state index in [0.29, 0.717) is 31.4 Å². The normalized spacial score (nSPS) is 15.3. The van der Waals surface area contributed by atoms with E-state index in [1.54, 1.807) is 0 Å². The van der Waals surface area contributed by atoms with Gasteiger partial charge in [-0.25, -0.2) is 4.79 Å². The van der Waals surface area contributed by atoms with Crippen LogP contribution in [0.25, 0.3) is 0 Å². The Bertz CT molecular complexity index is 656. The van der Waals surface area contributed by atoms with Gasteiger partial charge < -0.3 is 19.7 Å².